The van der Waals surface area contributed by atoms with Gasteiger partial charge in [-0.3, -0.25) is 0 Å². The lowest BCUT2D eigenvalue weighted by atomic mass is 9.87. The normalized spacial score (nSPS) is 24.3. The van der Waals surface area contributed by atoms with Gasteiger partial charge in [0.05, 0.1) is 13.2 Å². The molecule has 0 amide bonds. The van der Waals surface area contributed by atoms with Crippen molar-refractivity contribution >= 4 is 0 Å². The molecule has 1 atom stereocenters. The van der Waals surface area contributed by atoms with Crippen LogP contribution in [0.25, 0.3) is 0 Å². The van der Waals surface area contributed by atoms with Gasteiger partial charge in [0.1, 0.15) is 28.8 Å². The van der Waals surface area contributed by atoms with E-state index in [9.17, 15) is 43.9 Å². The molecule has 14 heteroatoms. The molecule has 4 nitrogen and oxygen atoms in total. The zero-order valence-electron chi connectivity index (χ0n) is 22.1. The van der Waals surface area contributed by atoms with Crippen LogP contribution in [-0.2, 0) is 18.9 Å². The Morgan fingerprint density at radius 2 is 1.60 bits per heavy atom. The van der Waals surface area contributed by atoms with Gasteiger partial charge in [0.25, 0.3) is 0 Å². The Hall–Kier alpha value is -2.84. The third kappa shape index (κ3) is 7.56. The van der Waals surface area contributed by atoms with Gasteiger partial charge in [0.2, 0.25) is 0 Å². The van der Waals surface area contributed by atoms with E-state index in [1.165, 1.54) is 12.1 Å². The van der Waals surface area contributed by atoms with Crippen LogP contribution in [0.3, 0.4) is 0 Å². The van der Waals surface area contributed by atoms with Crippen LogP contribution in [0.2, 0.25) is 0 Å². The number of hydrogen-bond donors (Lipinski definition) is 0. The Morgan fingerprint density at radius 1 is 0.905 bits per heavy atom. The molecule has 1 fully saturated rings. The molecular weight excluding hydrogens is 590 g/mol. The zero-order chi connectivity index (χ0) is 30.9. The lowest BCUT2D eigenvalue weighted by Gasteiger charge is -2.30. The van der Waals surface area contributed by atoms with E-state index >= 15 is 0 Å². The number of ether oxygens (including phenoxy) is 4. The summed E-state index contributed by atoms with van der Waals surface area (Å²) < 4.78 is 157. The lowest BCUT2D eigenvalue weighted by molar-refractivity contribution is -0.413. The fourth-order valence-electron chi connectivity index (χ4n) is 4.91. The molecule has 0 unspecified atom stereocenters. The van der Waals surface area contributed by atoms with Crippen LogP contribution in [0, 0.1) is 11.7 Å². The van der Waals surface area contributed by atoms with Gasteiger partial charge in [0, 0.05) is 35.8 Å². The summed E-state index contributed by atoms with van der Waals surface area (Å²) in [4.78, 5) is 0. The highest BCUT2D eigenvalue weighted by molar-refractivity contribution is 5.42. The van der Waals surface area contributed by atoms with E-state index in [4.69, 9.17) is 9.47 Å². The number of benzene rings is 1. The highest BCUT2D eigenvalue weighted by atomic mass is 19.4. The fraction of sp³-hybridized carbons (Fsp3) is 0.500. The Balaban J connectivity index is 1.44. The van der Waals surface area contributed by atoms with E-state index in [2.05, 4.69) is 9.47 Å². The molecule has 0 N–H and O–H groups in total. The molecule has 2 aliphatic carbocycles. The van der Waals surface area contributed by atoms with E-state index in [1.807, 2.05) is 6.92 Å². The van der Waals surface area contributed by atoms with Gasteiger partial charge < -0.3 is 14.2 Å². The first kappa shape index (κ1) is 32.1. The lowest BCUT2D eigenvalue weighted by Crippen LogP contribution is -2.32. The third-order valence-corrected chi connectivity index (χ3v) is 6.90. The summed E-state index contributed by atoms with van der Waals surface area (Å²) in [7, 11) is 0. The smallest absolute Gasteiger partial charge is 0.433 e. The molecule has 4 rings (SSSR count). The SMILES string of the molecule is CCCC1COC(c2ccc([C@H]3C=C(F)C(C(F)(F)OC4=CC=C(C(F)(F)OC(F)(F)F)CC4)=C(F)C3)c(F)c2)OC1. The van der Waals surface area contributed by atoms with E-state index in [-0.39, 0.29) is 11.5 Å². The van der Waals surface area contributed by atoms with Gasteiger partial charge in [-0.1, -0.05) is 31.6 Å². The summed E-state index contributed by atoms with van der Waals surface area (Å²) in [6.45, 7) is 2.86. The molecule has 1 aliphatic heterocycles. The molecule has 232 valence electrons. The maximum atomic E-state index is 15.0. The number of hydrogen-bond acceptors (Lipinski definition) is 4. The summed E-state index contributed by atoms with van der Waals surface area (Å²) in [5.41, 5.74) is -2.75. The first-order valence-corrected chi connectivity index (χ1v) is 13.0. The molecule has 1 heterocycles. The monoisotopic (exact) mass is 616 g/mol. The second-order valence-corrected chi connectivity index (χ2v) is 10.0. The molecular formula is C28H26F10O4. The van der Waals surface area contributed by atoms with Crippen LogP contribution in [0.15, 0.2) is 65.0 Å². The summed E-state index contributed by atoms with van der Waals surface area (Å²) in [6, 6.07) is 3.79. The summed E-state index contributed by atoms with van der Waals surface area (Å²) in [5, 5.41) is 0. The minimum Gasteiger partial charge on any atom is -0.433 e. The summed E-state index contributed by atoms with van der Waals surface area (Å²) in [6.07, 6.45) is -14.9. The molecule has 0 bridgehead atoms. The highest BCUT2D eigenvalue weighted by Crippen LogP contribution is 2.46. The van der Waals surface area contributed by atoms with Crippen molar-refractivity contribution in [2.45, 2.75) is 69.8 Å². The van der Waals surface area contributed by atoms with Crippen LogP contribution >= 0.6 is 0 Å². The molecule has 3 aliphatic rings. The maximum Gasteiger partial charge on any atom is 0.527 e. The minimum absolute atomic E-state index is 0.165. The topological polar surface area (TPSA) is 36.9 Å². The standard InChI is InChI=1S/C28H26F10O4/c1-2-3-15-13-39-25(40-14-15)16-4-9-20(21(29)10-16)17-11-22(30)24(23(31)12-17)27(34,35)41-19-7-5-18(6-8-19)26(32,33)42-28(36,37)38/h4-5,7,9-11,15,17,25H,2-3,6,8,12-14H2,1H3/t15?,17-,25?/m0/s1. The van der Waals surface area contributed by atoms with Gasteiger partial charge >= 0.3 is 18.6 Å². The van der Waals surface area contributed by atoms with E-state index < -0.39 is 84.4 Å². The van der Waals surface area contributed by atoms with Crippen molar-refractivity contribution < 1.29 is 62.9 Å². The van der Waals surface area contributed by atoms with Gasteiger partial charge in [0.15, 0.2) is 6.29 Å². The van der Waals surface area contributed by atoms with Crippen LogP contribution in [-0.4, -0.2) is 31.8 Å². The van der Waals surface area contributed by atoms with Crippen molar-refractivity contribution in [3.05, 3.63) is 81.9 Å². The molecule has 0 aromatic heterocycles. The minimum atomic E-state index is -5.66. The van der Waals surface area contributed by atoms with Crippen LogP contribution in [0.1, 0.15) is 62.4 Å². The van der Waals surface area contributed by atoms with Crippen LogP contribution < -0.4 is 0 Å². The Labute approximate surface area is 234 Å². The van der Waals surface area contributed by atoms with Crippen molar-refractivity contribution in [2.75, 3.05) is 13.2 Å². The predicted octanol–water partition coefficient (Wildman–Crippen LogP) is 9.19. The number of allylic oxidation sites excluding steroid dienone is 5. The molecule has 0 saturated carbocycles. The average Bonchev–Trinajstić information content (AvgIpc) is 2.87. The van der Waals surface area contributed by atoms with Crippen molar-refractivity contribution in [3.8, 4) is 0 Å². The Kier molecular flexibility index (Phi) is 9.48. The van der Waals surface area contributed by atoms with Crippen molar-refractivity contribution in [2.24, 2.45) is 5.92 Å². The summed E-state index contributed by atoms with van der Waals surface area (Å²) in [5.74, 6) is -6.00. The molecule has 1 saturated heterocycles. The molecule has 42 heavy (non-hydrogen) atoms. The zero-order valence-corrected chi connectivity index (χ0v) is 22.1. The predicted molar refractivity (Wildman–Crippen MR) is 128 cm³/mol. The molecule has 0 spiro atoms. The highest BCUT2D eigenvalue weighted by Gasteiger charge is 2.49. The molecule has 1 aromatic rings. The Morgan fingerprint density at radius 3 is 2.14 bits per heavy atom. The van der Waals surface area contributed by atoms with Crippen molar-refractivity contribution in [1.82, 2.24) is 0 Å². The average molecular weight is 616 g/mol. The van der Waals surface area contributed by atoms with E-state index in [0.717, 1.165) is 18.9 Å². The van der Waals surface area contributed by atoms with Crippen molar-refractivity contribution in [3.63, 3.8) is 0 Å². The van der Waals surface area contributed by atoms with Crippen LogP contribution in [0.5, 0.6) is 0 Å². The van der Waals surface area contributed by atoms with Gasteiger partial charge in [-0.15, -0.1) is 13.2 Å². The quantitative estimate of drug-likeness (QED) is 0.259. The second kappa shape index (κ2) is 12.4. The van der Waals surface area contributed by atoms with Gasteiger partial charge in [-0.05, 0) is 36.6 Å². The largest absolute Gasteiger partial charge is 0.527 e. The summed E-state index contributed by atoms with van der Waals surface area (Å²) >= 11 is 0. The Bertz CT molecular complexity index is 1270. The molecule has 1 aromatic carbocycles. The first-order valence-electron chi connectivity index (χ1n) is 13.0. The molecule has 0 radical (unpaired) electrons. The number of alkyl halides is 7. The first-order chi connectivity index (χ1) is 19.6. The number of rotatable bonds is 9. The number of halogens is 10. The van der Waals surface area contributed by atoms with Gasteiger partial charge in [-0.2, -0.15) is 17.6 Å². The van der Waals surface area contributed by atoms with Crippen LogP contribution in [0.4, 0.5) is 43.9 Å². The van der Waals surface area contributed by atoms with E-state index in [1.54, 1.807) is 0 Å². The van der Waals surface area contributed by atoms with Crippen molar-refractivity contribution in [1.29, 1.82) is 0 Å². The van der Waals surface area contributed by atoms with E-state index in [0.29, 0.717) is 37.0 Å². The second-order valence-electron chi connectivity index (χ2n) is 10.0. The maximum absolute atomic E-state index is 15.0. The third-order valence-electron chi connectivity index (χ3n) is 6.90. The fourth-order valence-corrected chi connectivity index (χ4v) is 4.91. The van der Waals surface area contributed by atoms with Gasteiger partial charge in [-0.25, -0.2) is 17.9 Å².